The molecule has 0 unspecified atom stereocenters. The standard InChI is InChI=1S/C20H30O3/c1-16(21)12-14-23-13-6-5-7-19(22)18-10-8-17(9-11-18)15-20(2,3)4/h8-11H,5-7,12-15H2,1-4H3. The Kier molecular flexibility index (Phi) is 8.18. The maximum Gasteiger partial charge on any atom is 0.162 e. The molecule has 0 radical (unpaired) electrons. The quantitative estimate of drug-likeness (QED) is 0.467. The van der Waals surface area contributed by atoms with Gasteiger partial charge in [-0.15, -0.1) is 0 Å². The molecule has 3 nitrogen and oxygen atoms in total. The van der Waals surface area contributed by atoms with Crippen LogP contribution in [0.5, 0.6) is 0 Å². The zero-order chi connectivity index (χ0) is 17.3. The number of ketones is 2. The SMILES string of the molecule is CC(=O)CCOCCCCC(=O)c1ccc(CC(C)(C)C)cc1. The first-order valence-electron chi connectivity index (χ1n) is 8.47. The lowest BCUT2D eigenvalue weighted by atomic mass is 9.88. The predicted octanol–water partition coefficient (Wildman–Crippen LogP) is 4.62. The van der Waals surface area contributed by atoms with Crippen LogP contribution in [0.1, 0.15) is 69.3 Å². The van der Waals surface area contributed by atoms with Gasteiger partial charge in [0.15, 0.2) is 5.78 Å². The summed E-state index contributed by atoms with van der Waals surface area (Å²) in [6, 6.07) is 7.99. The zero-order valence-electron chi connectivity index (χ0n) is 15.0. The van der Waals surface area contributed by atoms with E-state index in [-0.39, 0.29) is 17.0 Å². The van der Waals surface area contributed by atoms with Gasteiger partial charge >= 0.3 is 0 Å². The van der Waals surface area contributed by atoms with E-state index in [9.17, 15) is 9.59 Å². The summed E-state index contributed by atoms with van der Waals surface area (Å²) in [5.41, 5.74) is 2.32. The van der Waals surface area contributed by atoms with Gasteiger partial charge in [-0.1, -0.05) is 45.0 Å². The second-order valence-corrected chi connectivity index (χ2v) is 7.38. The van der Waals surface area contributed by atoms with Crippen molar-refractivity contribution in [1.29, 1.82) is 0 Å². The van der Waals surface area contributed by atoms with Gasteiger partial charge in [0.05, 0.1) is 6.61 Å². The Labute approximate surface area is 140 Å². The molecule has 0 aromatic heterocycles. The highest BCUT2D eigenvalue weighted by Gasteiger charge is 2.12. The first-order valence-corrected chi connectivity index (χ1v) is 8.47. The summed E-state index contributed by atoms with van der Waals surface area (Å²) in [5.74, 6) is 0.339. The van der Waals surface area contributed by atoms with Crippen molar-refractivity contribution in [3.8, 4) is 0 Å². The van der Waals surface area contributed by atoms with Crippen LogP contribution in [0.15, 0.2) is 24.3 Å². The molecule has 0 saturated heterocycles. The van der Waals surface area contributed by atoms with Gasteiger partial charge in [-0.2, -0.15) is 0 Å². The largest absolute Gasteiger partial charge is 0.381 e. The molecule has 1 aromatic carbocycles. The highest BCUT2D eigenvalue weighted by atomic mass is 16.5. The van der Waals surface area contributed by atoms with Crippen LogP contribution in [0.3, 0.4) is 0 Å². The van der Waals surface area contributed by atoms with Crippen LogP contribution in [-0.2, 0) is 16.0 Å². The summed E-state index contributed by atoms with van der Waals surface area (Å²) in [5, 5.41) is 0. The van der Waals surface area contributed by atoms with Crippen molar-refractivity contribution in [2.24, 2.45) is 5.41 Å². The van der Waals surface area contributed by atoms with E-state index in [1.165, 1.54) is 5.56 Å². The minimum absolute atomic E-state index is 0.148. The summed E-state index contributed by atoms with van der Waals surface area (Å²) < 4.78 is 5.36. The molecule has 0 aliphatic heterocycles. The van der Waals surface area contributed by atoms with Gasteiger partial charge in [0.25, 0.3) is 0 Å². The second kappa shape index (κ2) is 9.61. The summed E-state index contributed by atoms with van der Waals surface area (Å²) >= 11 is 0. The fourth-order valence-electron chi connectivity index (χ4n) is 2.37. The minimum atomic E-state index is 0.148. The van der Waals surface area contributed by atoms with E-state index in [1.54, 1.807) is 6.92 Å². The molecule has 0 bridgehead atoms. The van der Waals surface area contributed by atoms with Crippen molar-refractivity contribution in [2.45, 2.75) is 59.8 Å². The molecule has 0 aliphatic carbocycles. The maximum absolute atomic E-state index is 12.1. The average molecular weight is 318 g/mol. The van der Waals surface area contributed by atoms with E-state index >= 15 is 0 Å². The third kappa shape index (κ3) is 9.29. The smallest absolute Gasteiger partial charge is 0.162 e. The summed E-state index contributed by atoms with van der Waals surface area (Å²) in [4.78, 5) is 22.9. The number of benzene rings is 1. The van der Waals surface area contributed by atoms with Crippen molar-refractivity contribution in [3.05, 3.63) is 35.4 Å². The zero-order valence-corrected chi connectivity index (χ0v) is 15.0. The Morgan fingerprint density at radius 2 is 1.61 bits per heavy atom. The molecule has 0 heterocycles. The lowest BCUT2D eigenvalue weighted by Gasteiger charge is -2.18. The number of carbonyl (C=O) groups is 2. The number of ether oxygens (including phenoxy) is 1. The van der Waals surface area contributed by atoms with E-state index < -0.39 is 0 Å². The molecule has 3 heteroatoms. The van der Waals surface area contributed by atoms with Crippen LogP contribution >= 0.6 is 0 Å². The molecule has 0 aliphatic rings. The van der Waals surface area contributed by atoms with Crippen molar-refractivity contribution in [1.82, 2.24) is 0 Å². The Morgan fingerprint density at radius 3 is 2.17 bits per heavy atom. The highest BCUT2D eigenvalue weighted by Crippen LogP contribution is 2.21. The molecule has 1 aromatic rings. The highest BCUT2D eigenvalue weighted by molar-refractivity contribution is 5.96. The first kappa shape index (κ1) is 19.6. The molecule has 128 valence electrons. The number of hydrogen-bond donors (Lipinski definition) is 0. The average Bonchev–Trinajstić information content (AvgIpc) is 2.44. The fourth-order valence-corrected chi connectivity index (χ4v) is 2.37. The van der Waals surface area contributed by atoms with E-state index in [0.29, 0.717) is 26.1 Å². The summed E-state index contributed by atoms with van der Waals surface area (Å²) in [6.07, 6.45) is 3.71. The molecule has 0 fully saturated rings. The van der Waals surface area contributed by atoms with Crippen LogP contribution in [0.2, 0.25) is 0 Å². The number of Topliss-reactive ketones (excluding diaryl/α,β-unsaturated/α-hetero) is 2. The van der Waals surface area contributed by atoms with Crippen LogP contribution in [0, 0.1) is 5.41 Å². The van der Waals surface area contributed by atoms with Crippen molar-refractivity contribution in [3.63, 3.8) is 0 Å². The van der Waals surface area contributed by atoms with E-state index in [1.807, 2.05) is 12.1 Å². The fraction of sp³-hybridized carbons (Fsp3) is 0.600. The normalized spacial score (nSPS) is 11.5. The van der Waals surface area contributed by atoms with Gasteiger partial charge in [-0.3, -0.25) is 9.59 Å². The molecule has 0 spiro atoms. The Morgan fingerprint density at radius 1 is 0.957 bits per heavy atom. The second-order valence-electron chi connectivity index (χ2n) is 7.38. The third-order valence-corrected chi connectivity index (χ3v) is 3.55. The molecule has 0 atom stereocenters. The van der Waals surface area contributed by atoms with Gasteiger partial charge < -0.3 is 4.74 Å². The number of rotatable bonds is 10. The van der Waals surface area contributed by atoms with Gasteiger partial charge in [0.2, 0.25) is 0 Å². The Bertz CT molecular complexity index is 495. The van der Waals surface area contributed by atoms with Gasteiger partial charge in [-0.05, 0) is 37.2 Å². The van der Waals surface area contributed by atoms with Crippen LogP contribution in [0.25, 0.3) is 0 Å². The number of hydrogen-bond acceptors (Lipinski definition) is 3. The summed E-state index contributed by atoms with van der Waals surface area (Å²) in [6.45, 7) is 9.30. The maximum atomic E-state index is 12.1. The molecule has 23 heavy (non-hydrogen) atoms. The first-order chi connectivity index (χ1) is 10.8. The molecule has 1 rings (SSSR count). The van der Waals surface area contributed by atoms with Gasteiger partial charge in [-0.25, -0.2) is 0 Å². The van der Waals surface area contributed by atoms with Gasteiger partial charge in [0, 0.05) is 25.0 Å². The van der Waals surface area contributed by atoms with Crippen molar-refractivity contribution < 1.29 is 14.3 Å². The minimum Gasteiger partial charge on any atom is -0.381 e. The summed E-state index contributed by atoms with van der Waals surface area (Å²) in [7, 11) is 0. The molecular formula is C20H30O3. The molecule has 0 saturated carbocycles. The van der Waals surface area contributed by atoms with Gasteiger partial charge in [0.1, 0.15) is 5.78 Å². The lowest BCUT2D eigenvalue weighted by molar-refractivity contribution is -0.118. The molecule has 0 amide bonds. The monoisotopic (exact) mass is 318 g/mol. The van der Waals surface area contributed by atoms with E-state index in [2.05, 4.69) is 32.9 Å². The molecular weight excluding hydrogens is 288 g/mol. The van der Waals surface area contributed by atoms with Crippen molar-refractivity contribution in [2.75, 3.05) is 13.2 Å². The topological polar surface area (TPSA) is 43.4 Å². The lowest BCUT2D eigenvalue weighted by Crippen LogP contribution is -2.09. The Balaban J connectivity index is 2.26. The molecule has 0 N–H and O–H groups in total. The van der Waals surface area contributed by atoms with Crippen LogP contribution in [-0.4, -0.2) is 24.8 Å². The number of unbranched alkanes of at least 4 members (excludes halogenated alkanes) is 1. The number of carbonyl (C=O) groups excluding carboxylic acids is 2. The van der Waals surface area contributed by atoms with Crippen LogP contribution in [0.4, 0.5) is 0 Å². The van der Waals surface area contributed by atoms with Crippen molar-refractivity contribution >= 4 is 11.6 Å². The predicted molar refractivity (Wildman–Crippen MR) is 93.9 cm³/mol. The van der Waals surface area contributed by atoms with E-state index in [0.717, 1.165) is 24.8 Å². The van der Waals surface area contributed by atoms with E-state index in [4.69, 9.17) is 4.74 Å². The third-order valence-electron chi connectivity index (χ3n) is 3.55. The Hall–Kier alpha value is -1.48. The van der Waals surface area contributed by atoms with Crippen LogP contribution < -0.4 is 0 Å².